The number of thioether (sulfide) groups is 1. The number of amides is 1. The molecule has 5 nitrogen and oxygen atoms in total. The first-order valence-corrected chi connectivity index (χ1v) is 13.1. The van der Waals surface area contributed by atoms with Crippen molar-refractivity contribution >= 4 is 40.7 Å². The third kappa shape index (κ3) is 5.40. The normalized spacial score (nSPS) is 21.5. The lowest BCUT2D eigenvalue weighted by Gasteiger charge is -2.26. The monoisotopic (exact) mass is 506 g/mol. The van der Waals surface area contributed by atoms with Crippen LogP contribution in [-0.4, -0.2) is 42.2 Å². The van der Waals surface area contributed by atoms with Crippen LogP contribution in [-0.2, 0) is 14.3 Å². The summed E-state index contributed by atoms with van der Waals surface area (Å²) in [5, 5.41) is 6.27. The van der Waals surface area contributed by atoms with Crippen LogP contribution in [0.15, 0.2) is 83.8 Å². The van der Waals surface area contributed by atoms with Crippen molar-refractivity contribution < 1.29 is 14.3 Å². The first kappa shape index (κ1) is 23.9. The maximum absolute atomic E-state index is 13.6. The number of benzene rings is 3. The molecular formula is C28H27ClN2O3S. The number of nitrogens with one attached hydrogen (secondary N) is 2. The van der Waals surface area contributed by atoms with E-state index >= 15 is 0 Å². The van der Waals surface area contributed by atoms with Crippen molar-refractivity contribution in [3.05, 3.63) is 95.0 Å². The van der Waals surface area contributed by atoms with Gasteiger partial charge >= 0.3 is 0 Å². The van der Waals surface area contributed by atoms with Crippen molar-refractivity contribution in [2.75, 3.05) is 18.5 Å². The lowest BCUT2D eigenvalue weighted by Crippen LogP contribution is -2.36. The van der Waals surface area contributed by atoms with Gasteiger partial charge in [-0.1, -0.05) is 66.2 Å². The summed E-state index contributed by atoms with van der Waals surface area (Å²) in [6.45, 7) is 1.56. The van der Waals surface area contributed by atoms with Crippen LogP contribution in [0.5, 0.6) is 0 Å². The highest BCUT2D eigenvalue weighted by Gasteiger charge is 2.46. The molecule has 2 aliphatic rings. The quantitative estimate of drug-likeness (QED) is 0.426. The second-order valence-corrected chi connectivity index (χ2v) is 10.4. The van der Waals surface area contributed by atoms with Gasteiger partial charge in [-0.25, -0.2) is 0 Å². The van der Waals surface area contributed by atoms with Crippen LogP contribution in [0, 0.1) is 0 Å². The number of Topliss-reactive ketones (excluding diaryl/α,β-unsaturated/α-hetero) is 1. The van der Waals surface area contributed by atoms with E-state index in [9.17, 15) is 9.59 Å². The molecule has 3 aromatic carbocycles. The van der Waals surface area contributed by atoms with Crippen LogP contribution in [0.2, 0.25) is 5.02 Å². The third-order valence-electron chi connectivity index (χ3n) is 6.54. The molecule has 5 rings (SSSR count). The minimum Gasteiger partial charge on any atom is -0.382 e. The summed E-state index contributed by atoms with van der Waals surface area (Å²) in [6, 6.07) is 25.1. The highest BCUT2D eigenvalue weighted by Crippen LogP contribution is 2.38. The molecule has 0 saturated carbocycles. The molecule has 35 heavy (non-hydrogen) atoms. The second-order valence-electron chi connectivity index (χ2n) is 8.86. The number of ketones is 1. The van der Waals surface area contributed by atoms with Gasteiger partial charge in [0.1, 0.15) is 11.3 Å². The van der Waals surface area contributed by atoms with Crippen molar-refractivity contribution in [2.45, 2.75) is 41.0 Å². The maximum atomic E-state index is 13.6. The Bertz CT molecular complexity index is 1180. The van der Waals surface area contributed by atoms with E-state index in [4.69, 9.17) is 16.3 Å². The third-order valence-corrected chi connectivity index (χ3v) is 8.27. The van der Waals surface area contributed by atoms with Gasteiger partial charge < -0.3 is 15.4 Å². The molecule has 1 amide bonds. The Hall–Kier alpha value is -2.80. The number of anilines is 1. The van der Waals surface area contributed by atoms with Crippen molar-refractivity contribution in [1.82, 2.24) is 5.32 Å². The van der Waals surface area contributed by atoms with Crippen LogP contribution in [0.25, 0.3) is 0 Å². The lowest BCUT2D eigenvalue weighted by atomic mass is 9.84. The molecule has 2 unspecified atom stereocenters. The zero-order valence-corrected chi connectivity index (χ0v) is 20.7. The van der Waals surface area contributed by atoms with Gasteiger partial charge in [0.15, 0.2) is 5.78 Å². The van der Waals surface area contributed by atoms with Gasteiger partial charge in [-0.3, -0.25) is 9.59 Å². The Morgan fingerprint density at radius 2 is 1.54 bits per heavy atom. The Morgan fingerprint density at radius 1 is 0.886 bits per heavy atom. The van der Waals surface area contributed by atoms with E-state index in [-0.39, 0.29) is 17.6 Å². The molecule has 7 heteroatoms. The van der Waals surface area contributed by atoms with Crippen molar-refractivity contribution in [3.63, 3.8) is 0 Å². The van der Waals surface area contributed by atoms with Crippen LogP contribution in [0.1, 0.15) is 29.9 Å². The van der Waals surface area contributed by atoms with Crippen LogP contribution >= 0.6 is 23.4 Å². The highest BCUT2D eigenvalue weighted by atomic mass is 35.5. The van der Waals surface area contributed by atoms with E-state index in [1.165, 1.54) is 11.8 Å². The van der Waals surface area contributed by atoms with Gasteiger partial charge in [0.05, 0.1) is 5.02 Å². The molecule has 2 aliphatic heterocycles. The van der Waals surface area contributed by atoms with Crippen molar-refractivity contribution in [3.8, 4) is 0 Å². The van der Waals surface area contributed by atoms with E-state index in [1.807, 2.05) is 60.7 Å². The average Bonchev–Trinajstić information content (AvgIpc) is 3.16. The molecule has 180 valence electrons. The van der Waals surface area contributed by atoms with Crippen LogP contribution in [0.3, 0.4) is 0 Å². The summed E-state index contributed by atoms with van der Waals surface area (Å²) >= 11 is 7.51. The molecule has 0 aromatic heterocycles. The molecule has 2 N–H and O–H groups in total. The van der Waals surface area contributed by atoms with Crippen molar-refractivity contribution in [2.24, 2.45) is 0 Å². The molecule has 3 aromatic rings. The summed E-state index contributed by atoms with van der Waals surface area (Å²) in [4.78, 5) is 27.2. The average molecular weight is 507 g/mol. The largest absolute Gasteiger partial charge is 0.382 e. The zero-order chi connectivity index (χ0) is 24.2. The number of carbonyl (C=O) groups is 2. The lowest BCUT2D eigenvalue weighted by molar-refractivity contribution is -0.121. The fourth-order valence-electron chi connectivity index (χ4n) is 4.72. The molecule has 2 heterocycles. The number of carbonyl (C=O) groups excluding carboxylic acids is 2. The molecule has 2 fully saturated rings. The van der Waals surface area contributed by atoms with Crippen molar-refractivity contribution in [1.29, 1.82) is 0 Å². The summed E-state index contributed by atoms with van der Waals surface area (Å²) in [7, 11) is 0. The smallest absolute Gasteiger partial charge is 0.241 e. The molecule has 0 radical (unpaired) electrons. The topological polar surface area (TPSA) is 67.4 Å². The van der Waals surface area contributed by atoms with E-state index in [0.717, 1.165) is 47.8 Å². The minimum atomic E-state index is -0.833. The van der Waals surface area contributed by atoms with Gasteiger partial charge in [-0.2, -0.15) is 0 Å². The Kier molecular flexibility index (Phi) is 7.42. The Labute approximate surface area is 214 Å². The number of ether oxygens (including phenoxy) is 1. The van der Waals surface area contributed by atoms with Gasteiger partial charge in [-0.05, 0) is 48.2 Å². The van der Waals surface area contributed by atoms with Gasteiger partial charge in [0.25, 0.3) is 0 Å². The molecule has 0 bridgehead atoms. The number of hydrogen-bond acceptors (Lipinski definition) is 5. The predicted molar refractivity (Wildman–Crippen MR) is 140 cm³/mol. The predicted octanol–water partition coefficient (Wildman–Crippen LogP) is 5.29. The van der Waals surface area contributed by atoms with E-state index in [0.29, 0.717) is 11.1 Å². The summed E-state index contributed by atoms with van der Waals surface area (Å²) in [5.41, 5.74) is 3.01. The van der Waals surface area contributed by atoms with Crippen LogP contribution in [0.4, 0.5) is 5.69 Å². The molecular weight excluding hydrogens is 480 g/mol. The number of halogens is 1. The Morgan fingerprint density at radius 3 is 2.26 bits per heavy atom. The molecule has 0 aliphatic carbocycles. The fourth-order valence-corrected chi connectivity index (χ4v) is 6.02. The van der Waals surface area contributed by atoms with Gasteiger partial charge in [0.2, 0.25) is 5.91 Å². The molecule has 0 spiro atoms. The fraction of sp³-hybridized carbons (Fsp3) is 0.286. The summed E-state index contributed by atoms with van der Waals surface area (Å²) < 4.78 is 5.45. The van der Waals surface area contributed by atoms with Gasteiger partial charge in [-0.15, -0.1) is 11.8 Å². The van der Waals surface area contributed by atoms with E-state index in [1.54, 1.807) is 6.07 Å². The first-order valence-electron chi connectivity index (χ1n) is 11.8. The van der Waals surface area contributed by atoms with Gasteiger partial charge in [0, 0.05) is 35.8 Å². The second kappa shape index (κ2) is 10.9. The van der Waals surface area contributed by atoms with Crippen LogP contribution < -0.4 is 10.6 Å². The summed E-state index contributed by atoms with van der Waals surface area (Å²) in [5.74, 6) is -0.691. The van der Waals surface area contributed by atoms with E-state index < -0.39 is 11.3 Å². The molecule has 3 atom stereocenters. The maximum Gasteiger partial charge on any atom is 0.241 e. The molecule has 2 saturated heterocycles. The summed E-state index contributed by atoms with van der Waals surface area (Å²) in [6.07, 6.45) is 1.98. The Balaban J connectivity index is 1.40. The number of rotatable bonds is 7. The number of hydrogen-bond donors (Lipinski definition) is 2. The highest BCUT2D eigenvalue weighted by molar-refractivity contribution is 8.01. The zero-order valence-electron chi connectivity index (χ0n) is 19.2. The SMILES string of the molecule is O=C1N[C@H](C(c2ccccc2)c2ccc(NC3CCOCC3)cc2)C(=O)C1Sc1ccccc1Cl. The standard InChI is InChI=1S/C28H27ClN2O3S/c29-22-8-4-5-9-23(22)35-27-26(32)25(31-28(27)33)24(18-6-2-1-3-7-18)19-10-12-20(13-11-19)30-21-14-16-34-17-15-21/h1-13,21,24-25,27,30H,14-17H2,(H,31,33)/t24?,25-,27?/m1/s1. The van der Waals surface area contributed by atoms with E-state index in [2.05, 4.69) is 22.8 Å². The minimum absolute atomic E-state index is 0.127. The first-order chi connectivity index (χ1) is 17.1.